The molecule has 1 aromatic rings. The fourth-order valence-corrected chi connectivity index (χ4v) is 3.43. The van der Waals surface area contributed by atoms with Crippen LogP contribution in [-0.4, -0.2) is 25.7 Å². The van der Waals surface area contributed by atoms with Crippen LogP contribution in [0.1, 0.15) is 36.5 Å². The van der Waals surface area contributed by atoms with Gasteiger partial charge in [-0.15, -0.1) is 0 Å². The first-order chi connectivity index (χ1) is 10.7. The first kappa shape index (κ1) is 14.6. The van der Waals surface area contributed by atoms with Crippen molar-refractivity contribution in [2.24, 2.45) is 0 Å². The third-order valence-corrected chi connectivity index (χ3v) is 4.28. The number of hydrogen-bond acceptors (Lipinski definition) is 4. The van der Waals surface area contributed by atoms with Crippen LogP contribution >= 0.6 is 0 Å². The topological polar surface area (TPSA) is 53.3 Å². The maximum atomic E-state index is 11.8. The summed E-state index contributed by atoms with van der Waals surface area (Å²) in [4.78, 5) is 14.2. The molecule has 0 fully saturated rings. The fraction of sp³-hybridized carbons (Fsp3) is 0.444. The second-order valence-electron chi connectivity index (χ2n) is 5.77. The summed E-state index contributed by atoms with van der Waals surface area (Å²) < 4.78 is 4.93. The zero-order chi connectivity index (χ0) is 15.5. The summed E-state index contributed by atoms with van der Waals surface area (Å²) in [6.45, 7) is 4.30. The Morgan fingerprint density at radius 2 is 1.95 bits per heavy atom. The largest absolute Gasteiger partial charge is 0.462 e. The number of rotatable bonds is 3. The van der Waals surface area contributed by atoms with Crippen molar-refractivity contribution in [1.82, 2.24) is 0 Å². The van der Waals surface area contributed by atoms with E-state index in [1.807, 2.05) is 6.07 Å². The molecule has 1 aromatic carbocycles. The third kappa shape index (κ3) is 2.71. The highest BCUT2D eigenvalue weighted by Crippen LogP contribution is 2.36. The number of nitriles is 1. The van der Waals surface area contributed by atoms with Crippen molar-refractivity contribution in [3.8, 4) is 6.07 Å². The maximum Gasteiger partial charge on any atom is 0.348 e. The van der Waals surface area contributed by atoms with Gasteiger partial charge in [0.05, 0.1) is 6.61 Å². The van der Waals surface area contributed by atoms with Gasteiger partial charge in [0.15, 0.2) is 0 Å². The Kier molecular flexibility index (Phi) is 4.15. The number of hydrogen-bond donors (Lipinski definition) is 0. The molecule has 2 heterocycles. The van der Waals surface area contributed by atoms with Crippen LogP contribution in [0.4, 0.5) is 5.69 Å². The zero-order valence-electron chi connectivity index (χ0n) is 12.9. The summed E-state index contributed by atoms with van der Waals surface area (Å²) in [5, 5.41) is 9.18. The molecule has 0 amide bonds. The van der Waals surface area contributed by atoms with Crippen molar-refractivity contribution in [2.75, 3.05) is 24.6 Å². The minimum atomic E-state index is -0.544. The van der Waals surface area contributed by atoms with Crippen LogP contribution in [0.25, 0.3) is 6.08 Å². The summed E-state index contributed by atoms with van der Waals surface area (Å²) in [5.41, 5.74) is 5.08. The van der Waals surface area contributed by atoms with Gasteiger partial charge in [-0.3, -0.25) is 0 Å². The van der Waals surface area contributed by atoms with Gasteiger partial charge in [0, 0.05) is 18.8 Å². The predicted molar refractivity (Wildman–Crippen MR) is 85.5 cm³/mol. The molecule has 0 atom stereocenters. The van der Waals surface area contributed by atoms with E-state index in [4.69, 9.17) is 4.74 Å². The van der Waals surface area contributed by atoms with Crippen molar-refractivity contribution in [3.05, 3.63) is 34.4 Å². The average Bonchev–Trinajstić information content (AvgIpc) is 2.53. The number of benzene rings is 1. The minimum Gasteiger partial charge on any atom is -0.462 e. The summed E-state index contributed by atoms with van der Waals surface area (Å²) in [5.74, 6) is -0.544. The van der Waals surface area contributed by atoms with Crippen LogP contribution in [0.15, 0.2) is 17.7 Å². The van der Waals surface area contributed by atoms with E-state index in [-0.39, 0.29) is 12.2 Å². The molecule has 2 aliphatic heterocycles. The van der Waals surface area contributed by atoms with Gasteiger partial charge in [0.1, 0.15) is 11.6 Å². The molecule has 4 nitrogen and oxygen atoms in total. The molecule has 3 rings (SSSR count). The number of carbonyl (C=O) groups excluding carboxylic acids is 1. The van der Waals surface area contributed by atoms with Crippen LogP contribution in [0.5, 0.6) is 0 Å². The van der Waals surface area contributed by atoms with Gasteiger partial charge in [-0.25, -0.2) is 4.79 Å². The summed E-state index contributed by atoms with van der Waals surface area (Å²) in [7, 11) is 0. The van der Waals surface area contributed by atoms with E-state index in [9.17, 15) is 10.1 Å². The standard InChI is InChI=1S/C18H20N2O2/c1-2-22-18(21)16(12-19)11-13-9-14-5-3-7-20-8-4-6-15(10-13)17(14)20/h9-11H,2-8H2,1H3/b16-11-. The highest BCUT2D eigenvalue weighted by molar-refractivity contribution is 5.98. The van der Waals surface area contributed by atoms with Crippen molar-refractivity contribution < 1.29 is 9.53 Å². The summed E-state index contributed by atoms with van der Waals surface area (Å²) >= 11 is 0. The lowest BCUT2D eigenvalue weighted by Gasteiger charge is -2.37. The predicted octanol–water partition coefficient (Wildman–Crippen LogP) is 2.86. The molecule has 0 aliphatic carbocycles. The molecule has 22 heavy (non-hydrogen) atoms. The Morgan fingerprint density at radius 3 is 2.50 bits per heavy atom. The zero-order valence-corrected chi connectivity index (χ0v) is 12.9. The Balaban J connectivity index is 1.99. The molecular weight excluding hydrogens is 276 g/mol. The highest BCUT2D eigenvalue weighted by Gasteiger charge is 2.24. The highest BCUT2D eigenvalue weighted by atomic mass is 16.5. The Labute approximate surface area is 131 Å². The molecule has 0 aromatic heterocycles. The summed E-state index contributed by atoms with van der Waals surface area (Å²) in [6.07, 6.45) is 6.14. The third-order valence-electron chi connectivity index (χ3n) is 4.28. The van der Waals surface area contributed by atoms with Gasteiger partial charge in [-0.05, 0) is 67.5 Å². The lowest BCUT2D eigenvalue weighted by molar-refractivity contribution is -0.137. The van der Waals surface area contributed by atoms with E-state index in [0.29, 0.717) is 0 Å². The van der Waals surface area contributed by atoms with E-state index in [1.165, 1.54) is 29.7 Å². The van der Waals surface area contributed by atoms with Gasteiger partial charge in [0.25, 0.3) is 0 Å². The van der Waals surface area contributed by atoms with Crippen LogP contribution in [-0.2, 0) is 22.4 Å². The second kappa shape index (κ2) is 6.23. The van der Waals surface area contributed by atoms with E-state index < -0.39 is 5.97 Å². The van der Waals surface area contributed by atoms with Gasteiger partial charge < -0.3 is 9.64 Å². The SMILES string of the molecule is CCOC(=O)/C(C#N)=C\c1cc2c3c(c1)CCCN3CCC2. The molecule has 0 spiro atoms. The van der Waals surface area contributed by atoms with Crippen molar-refractivity contribution in [3.63, 3.8) is 0 Å². The molecule has 114 valence electrons. The van der Waals surface area contributed by atoms with Crippen LogP contribution < -0.4 is 4.90 Å². The maximum absolute atomic E-state index is 11.8. The van der Waals surface area contributed by atoms with E-state index in [0.717, 1.165) is 31.5 Å². The molecule has 0 saturated heterocycles. The van der Waals surface area contributed by atoms with Crippen molar-refractivity contribution in [1.29, 1.82) is 5.26 Å². The first-order valence-electron chi connectivity index (χ1n) is 7.92. The molecule has 0 N–H and O–H groups in total. The lowest BCUT2D eigenvalue weighted by atomic mass is 9.90. The number of nitrogens with zero attached hydrogens (tertiary/aromatic N) is 2. The first-order valence-corrected chi connectivity index (χ1v) is 7.92. The number of ether oxygens (including phenoxy) is 1. The monoisotopic (exact) mass is 296 g/mol. The quantitative estimate of drug-likeness (QED) is 0.489. The van der Waals surface area contributed by atoms with Gasteiger partial charge in [0.2, 0.25) is 0 Å². The summed E-state index contributed by atoms with van der Waals surface area (Å²) in [6, 6.07) is 6.19. The normalized spacial score (nSPS) is 16.7. The van der Waals surface area contributed by atoms with E-state index >= 15 is 0 Å². The number of esters is 1. The van der Waals surface area contributed by atoms with Crippen LogP contribution in [0, 0.1) is 11.3 Å². The molecule has 0 unspecified atom stereocenters. The smallest absolute Gasteiger partial charge is 0.348 e. The van der Waals surface area contributed by atoms with E-state index in [2.05, 4.69) is 17.0 Å². The van der Waals surface area contributed by atoms with Gasteiger partial charge in [-0.2, -0.15) is 5.26 Å². The number of anilines is 1. The van der Waals surface area contributed by atoms with Crippen LogP contribution in [0.2, 0.25) is 0 Å². The fourth-order valence-electron chi connectivity index (χ4n) is 3.43. The van der Waals surface area contributed by atoms with Gasteiger partial charge in [-0.1, -0.05) is 0 Å². The van der Waals surface area contributed by atoms with Crippen molar-refractivity contribution in [2.45, 2.75) is 32.6 Å². The van der Waals surface area contributed by atoms with Crippen molar-refractivity contribution >= 4 is 17.7 Å². The Bertz CT molecular complexity index is 639. The van der Waals surface area contributed by atoms with Crippen LogP contribution in [0.3, 0.4) is 0 Å². The molecular formula is C18H20N2O2. The minimum absolute atomic E-state index is 0.0671. The Hall–Kier alpha value is -2.28. The second-order valence-corrected chi connectivity index (χ2v) is 5.77. The molecule has 0 saturated carbocycles. The molecule has 4 heteroatoms. The average molecular weight is 296 g/mol. The lowest BCUT2D eigenvalue weighted by Crippen LogP contribution is -2.34. The molecule has 2 aliphatic rings. The number of carbonyl (C=O) groups is 1. The van der Waals surface area contributed by atoms with E-state index in [1.54, 1.807) is 13.0 Å². The van der Waals surface area contributed by atoms with Gasteiger partial charge >= 0.3 is 5.97 Å². The number of aryl methyl sites for hydroxylation is 2. The molecule has 0 radical (unpaired) electrons. The molecule has 0 bridgehead atoms. The Morgan fingerprint density at radius 1 is 1.32 bits per heavy atom.